The van der Waals surface area contributed by atoms with Crippen molar-refractivity contribution in [1.29, 1.82) is 0 Å². The van der Waals surface area contributed by atoms with E-state index < -0.39 is 8.72 Å². The number of nitrogens with one attached hydrogen (secondary N) is 3. The normalized spacial score (nSPS) is 23.3. The molecule has 2 fully saturated rings. The van der Waals surface area contributed by atoms with Gasteiger partial charge in [-0.1, -0.05) is 25.7 Å². The average Bonchev–Trinajstić information content (AvgIpc) is 3.09. The third kappa shape index (κ3) is 2.65. The molecule has 2 aliphatic rings. The van der Waals surface area contributed by atoms with Gasteiger partial charge < -0.3 is 14.9 Å². The molecule has 0 radical (unpaired) electrons. The van der Waals surface area contributed by atoms with Crippen molar-refractivity contribution < 1.29 is 0 Å². The van der Waals surface area contributed by atoms with E-state index in [-0.39, 0.29) is 0 Å². The molecular weight excluding hydrogens is 240 g/mol. The average molecular weight is 270 g/mol. The fourth-order valence-electron chi connectivity index (χ4n) is 3.97. The number of nitrogens with zero attached hydrogens (tertiary/aromatic N) is 1. The maximum atomic E-state index is 3.61. The molecule has 0 bridgehead atoms. The molecule has 3 N–H and O–H groups in total. The largest absolute Gasteiger partial charge is 0.368 e. The molecule has 0 aromatic heterocycles. The summed E-state index contributed by atoms with van der Waals surface area (Å²) in [6, 6.07) is 1.57. The van der Waals surface area contributed by atoms with Crippen LogP contribution in [0.4, 0.5) is 0 Å². The molecule has 106 valence electrons. The van der Waals surface area contributed by atoms with Gasteiger partial charge in [0, 0.05) is 12.1 Å². The highest BCUT2D eigenvalue weighted by Crippen LogP contribution is 2.33. The second-order valence-corrected chi connectivity index (χ2v) is 9.18. The first-order valence-electron chi connectivity index (χ1n) is 7.62. The second-order valence-electron chi connectivity index (χ2n) is 5.74. The molecule has 0 aromatic carbocycles. The first kappa shape index (κ1) is 14.5. The van der Waals surface area contributed by atoms with Crippen molar-refractivity contribution >= 4 is 8.72 Å². The Hall–Kier alpha value is 0.0569. The molecule has 5 heteroatoms. The van der Waals surface area contributed by atoms with Crippen molar-refractivity contribution in [2.75, 3.05) is 21.1 Å². The summed E-state index contributed by atoms with van der Waals surface area (Å²) in [6.07, 6.45) is 11.2. The summed E-state index contributed by atoms with van der Waals surface area (Å²) in [5, 5.41) is 0. The van der Waals surface area contributed by atoms with E-state index in [1.807, 2.05) is 0 Å². The fraction of sp³-hybridized carbons (Fsp3) is 1.00. The van der Waals surface area contributed by atoms with Crippen LogP contribution in [0.5, 0.6) is 0 Å². The Morgan fingerprint density at radius 2 is 1.06 bits per heavy atom. The maximum Gasteiger partial charge on any atom is 0.368 e. The van der Waals surface area contributed by atoms with E-state index in [2.05, 4.69) is 40.7 Å². The third-order valence-corrected chi connectivity index (χ3v) is 8.58. The zero-order chi connectivity index (χ0) is 13.0. The van der Waals surface area contributed by atoms with Gasteiger partial charge in [0.05, 0.1) is 0 Å². The standard InChI is InChI=1S/C13H30N4Si/c1-14-18(15-2,16-3)17(12-8-4-5-9-12)13-10-6-7-11-13/h12-16H,4-11H2,1-3H3. The lowest BCUT2D eigenvalue weighted by atomic mass is 10.2. The second kappa shape index (κ2) is 6.48. The zero-order valence-electron chi connectivity index (χ0n) is 12.3. The van der Waals surface area contributed by atoms with Crippen LogP contribution >= 0.6 is 0 Å². The van der Waals surface area contributed by atoms with E-state index in [0.29, 0.717) is 0 Å². The molecule has 4 nitrogen and oxygen atoms in total. The molecule has 0 aromatic rings. The highest BCUT2D eigenvalue weighted by Gasteiger charge is 2.46. The lowest BCUT2D eigenvalue weighted by Gasteiger charge is -2.47. The van der Waals surface area contributed by atoms with E-state index in [4.69, 9.17) is 0 Å². The summed E-state index contributed by atoms with van der Waals surface area (Å²) in [5.74, 6) is 0. The van der Waals surface area contributed by atoms with Gasteiger partial charge in [0.1, 0.15) is 0 Å². The summed E-state index contributed by atoms with van der Waals surface area (Å²) in [6.45, 7) is 0. The van der Waals surface area contributed by atoms with Crippen LogP contribution < -0.4 is 14.9 Å². The summed E-state index contributed by atoms with van der Waals surface area (Å²) in [4.78, 5) is 10.8. The van der Waals surface area contributed by atoms with Gasteiger partial charge >= 0.3 is 8.72 Å². The van der Waals surface area contributed by atoms with Gasteiger partial charge in [-0.05, 0) is 46.8 Å². The van der Waals surface area contributed by atoms with Crippen molar-refractivity contribution in [2.45, 2.75) is 63.5 Å². The topological polar surface area (TPSA) is 39.3 Å². The lowest BCUT2D eigenvalue weighted by molar-refractivity contribution is 0.225. The zero-order valence-corrected chi connectivity index (χ0v) is 13.3. The molecule has 0 unspecified atom stereocenters. The van der Waals surface area contributed by atoms with E-state index in [9.17, 15) is 0 Å². The molecule has 2 aliphatic carbocycles. The van der Waals surface area contributed by atoms with Crippen LogP contribution in [0.15, 0.2) is 0 Å². The van der Waals surface area contributed by atoms with Gasteiger partial charge in [-0.3, -0.25) is 4.57 Å². The summed E-state index contributed by atoms with van der Waals surface area (Å²) in [7, 11) is 4.43. The van der Waals surface area contributed by atoms with E-state index >= 15 is 0 Å². The van der Waals surface area contributed by atoms with Crippen molar-refractivity contribution in [2.24, 2.45) is 0 Å². The Kier molecular flexibility index (Phi) is 5.21. The molecule has 2 rings (SSSR count). The first-order chi connectivity index (χ1) is 8.77. The van der Waals surface area contributed by atoms with Gasteiger partial charge in [0.25, 0.3) is 0 Å². The molecular formula is C13H30N4Si. The minimum Gasteiger partial charge on any atom is -0.303 e. The highest BCUT2D eigenvalue weighted by atomic mass is 28.4. The predicted octanol–water partition coefficient (Wildman–Crippen LogP) is 1.27. The quantitative estimate of drug-likeness (QED) is 0.636. The first-order valence-corrected chi connectivity index (χ1v) is 9.57. The predicted molar refractivity (Wildman–Crippen MR) is 79.3 cm³/mol. The monoisotopic (exact) mass is 270 g/mol. The molecule has 0 saturated heterocycles. The van der Waals surface area contributed by atoms with Crippen LogP contribution in [-0.4, -0.2) is 46.5 Å². The van der Waals surface area contributed by atoms with Crippen LogP contribution in [-0.2, 0) is 0 Å². The number of hydrogen-bond acceptors (Lipinski definition) is 4. The summed E-state index contributed by atoms with van der Waals surface area (Å²) >= 11 is 0. The molecule has 18 heavy (non-hydrogen) atoms. The van der Waals surface area contributed by atoms with Gasteiger partial charge in [-0.2, -0.15) is 0 Å². The molecule has 0 aliphatic heterocycles. The summed E-state index contributed by atoms with van der Waals surface area (Å²) < 4.78 is 2.84. The summed E-state index contributed by atoms with van der Waals surface area (Å²) in [5.41, 5.74) is 0. The third-order valence-electron chi connectivity index (χ3n) is 4.91. The van der Waals surface area contributed by atoms with Gasteiger partial charge in [-0.25, -0.2) is 0 Å². The number of rotatable bonds is 6. The minimum absolute atomic E-state index is 0.784. The van der Waals surface area contributed by atoms with Crippen LogP contribution in [0.3, 0.4) is 0 Å². The van der Waals surface area contributed by atoms with Crippen LogP contribution in [0.2, 0.25) is 0 Å². The Labute approximate surface area is 113 Å². The highest BCUT2D eigenvalue weighted by molar-refractivity contribution is 6.69. The Morgan fingerprint density at radius 1 is 0.722 bits per heavy atom. The smallest absolute Gasteiger partial charge is 0.303 e. The van der Waals surface area contributed by atoms with Gasteiger partial charge in [-0.15, -0.1) is 0 Å². The van der Waals surface area contributed by atoms with Crippen molar-refractivity contribution in [3.8, 4) is 0 Å². The SMILES string of the molecule is CN[Si](NC)(NC)N(C1CCCC1)C1CCCC1. The van der Waals surface area contributed by atoms with Crippen molar-refractivity contribution in [1.82, 2.24) is 19.5 Å². The molecule has 2 saturated carbocycles. The van der Waals surface area contributed by atoms with Crippen molar-refractivity contribution in [3.05, 3.63) is 0 Å². The lowest BCUT2D eigenvalue weighted by Crippen LogP contribution is -2.82. The van der Waals surface area contributed by atoms with Gasteiger partial charge in [0.2, 0.25) is 0 Å². The van der Waals surface area contributed by atoms with Crippen LogP contribution in [0.25, 0.3) is 0 Å². The molecule has 0 heterocycles. The van der Waals surface area contributed by atoms with Crippen LogP contribution in [0.1, 0.15) is 51.4 Å². The fourth-order valence-corrected chi connectivity index (χ4v) is 7.11. The van der Waals surface area contributed by atoms with Crippen LogP contribution in [0, 0.1) is 0 Å². The molecule has 0 amide bonds. The Balaban J connectivity index is 2.20. The van der Waals surface area contributed by atoms with Crippen molar-refractivity contribution in [3.63, 3.8) is 0 Å². The molecule has 0 spiro atoms. The Morgan fingerprint density at radius 3 is 1.33 bits per heavy atom. The Bertz CT molecular complexity index is 221. The van der Waals surface area contributed by atoms with E-state index in [1.54, 1.807) is 0 Å². The maximum absolute atomic E-state index is 3.61. The number of hydrogen-bond donors (Lipinski definition) is 3. The minimum atomic E-state index is -1.89. The van der Waals surface area contributed by atoms with Gasteiger partial charge in [0.15, 0.2) is 0 Å². The molecule has 0 atom stereocenters. The van der Waals surface area contributed by atoms with E-state index in [0.717, 1.165) is 12.1 Å². The van der Waals surface area contributed by atoms with E-state index in [1.165, 1.54) is 51.4 Å².